The van der Waals surface area contributed by atoms with Gasteiger partial charge in [0.1, 0.15) is 11.5 Å². The topological polar surface area (TPSA) is 91.6 Å². The summed E-state index contributed by atoms with van der Waals surface area (Å²) >= 11 is 0. The Morgan fingerprint density at radius 1 is 1.03 bits per heavy atom. The van der Waals surface area contributed by atoms with Gasteiger partial charge in [-0.2, -0.15) is 0 Å². The largest absolute Gasteiger partial charge is 0.362 e. The van der Waals surface area contributed by atoms with E-state index in [1.165, 1.54) is 6.07 Å². The van der Waals surface area contributed by atoms with Gasteiger partial charge in [-0.15, -0.1) is 0 Å². The number of anilines is 2. The number of nitrogens with zero attached hydrogens (tertiary/aromatic N) is 4. The summed E-state index contributed by atoms with van der Waals surface area (Å²) in [6.45, 7) is 5.07. The second kappa shape index (κ2) is 9.47. The van der Waals surface area contributed by atoms with Crippen LogP contribution in [0.1, 0.15) is 21.5 Å². The number of rotatable bonds is 6. The summed E-state index contributed by atoms with van der Waals surface area (Å²) in [5.74, 6) is 0.572. The molecule has 1 N–H and O–H groups in total. The molecule has 8 heteroatoms. The van der Waals surface area contributed by atoms with E-state index >= 15 is 0 Å². The van der Waals surface area contributed by atoms with Crippen LogP contribution in [0, 0.1) is 17.0 Å². The molecule has 2 heterocycles. The zero-order valence-corrected chi connectivity index (χ0v) is 17.9. The first-order valence-electron chi connectivity index (χ1n) is 10.5. The van der Waals surface area contributed by atoms with Crippen molar-refractivity contribution in [1.82, 2.24) is 10.3 Å². The predicted molar refractivity (Wildman–Crippen MR) is 124 cm³/mol. The van der Waals surface area contributed by atoms with E-state index in [2.05, 4.69) is 15.2 Å². The average molecular weight is 431 g/mol. The number of hydrogen-bond acceptors (Lipinski definition) is 6. The molecule has 8 nitrogen and oxygen atoms in total. The third-order valence-electron chi connectivity index (χ3n) is 5.60. The summed E-state index contributed by atoms with van der Waals surface area (Å²) in [7, 11) is 0. The van der Waals surface area contributed by atoms with E-state index in [-0.39, 0.29) is 17.2 Å². The number of amides is 1. The van der Waals surface area contributed by atoms with E-state index in [1.807, 2.05) is 54.3 Å². The lowest BCUT2D eigenvalue weighted by atomic mass is 10.1. The molecule has 0 atom stereocenters. The summed E-state index contributed by atoms with van der Waals surface area (Å²) in [6, 6.07) is 18.3. The minimum absolute atomic E-state index is 0.0562. The van der Waals surface area contributed by atoms with Gasteiger partial charge in [-0.05, 0) is 36.8 Å². The smallest absolute Gasteiger partial charge is 0.293 e. The monoisotopic (exact) mass is 431 g/mol. The van der Waals surface area contributed by atoms with Crippen LogP contribution in [0.5, 0.6) is 0 Å². The fourth-order valence-corrected chi connectivity index (χ4v) is 3.79. The molecule has 0 aliphatic carbocycles. The Kier molecular flexibility index (Phi) is 6.30. The summed E-state index contributed by atoms with van der Waals surface area (Å²) in [6.07, 6.45) is 1.76. The van der Waals surface area contributed by atoms with Crippen molar-refractivity contribution in [3.63, 3.8) is 0 Å². The van der Waals surface area contributed by atoms with Gasteiger partial charge in [0.2, 0.25) is 0 Å². The standard InChI is InChI=1S/C24H25N5O3/c1-18-5-7-19(8-6-18)17-26-24(30)20-9-10-21(22(16-20)29(31)32)27-12-14-28(15-13-27)23-4-2-3-11-25-23/h2-11,16H,12-15,17H2,1H3,(H,26,30). The molecule has 1 amide bonds. The maximum absolute atomic E-state index is 12.6. The quantitative estimate of drug-likeness (QED) is 0.474. The molecule has 1 saturated heterocycles. The highest BCUT2D eigenvalue weighted by molar-refractivity contribution is 5.95. The van der Waals surface area contributed by atoms with Gasteiger partial charge >= 0.3 is 0 Å². The van der Waals surface area contributed by atoms with Crippen LogP contribution in [-0.2, 0) is 6.54 Å². The van der Waals surface area contributed by atoms with Crippen molar-refractivity contribution < 1.29 is 9.72 Å². The third-order valence-corrected chi connectivity index (χ3v) is 5.60. The van der Waals surface area contributed by atoms with E-state index in [4.69, 9.17) is 0 Å². The number of carbonyl (C=O) groups is 1. The van der Waals surface area contributed by atoms with Crippen LogP contribution >= 0.6 is 0 Å². The van der Waals surface area contributed by atoms with Gasteiger partial charge in [0.15, 0.2) is 0 Å². The highest BCUT2D eigenvalue weighted by Gasteiger charge is 2.25. The maximum atomic E-state index is 12.6. The summed E-state index contributed by atoms with van der Waals surface area (Å²) < 4.78 is 0. The van der Waals surface area contributed by atoms with Crippen molar-refractivity contribution in [2.45, 2.75) is 13.5 Å². The van der Waals surface area contributed by atoms with Crippen LogP contribution < -0.4 is 15.1 Å². The minimum Gasteiger partial charge on any atom is -0.362 e. The first kappa shape index (κ1) is 21.3. The van der Waals surface area contributed by atoms with Gasteiger partial charge in [-0.3, -0.25) is 14.9 Å². The summed E-state index contributed by atoms with van der Waals surface area (Å²) in [4.78, 5) is 32.5. The molecule has 32 heavy (non-hydrogen) atoms. The lowest BCUT2D eigenvalue weighted by Crippen LogP contribution is -2.47. The number of benzene rings is 2. The Bertz CT molecular complexity index is 1090. The second-order valence-corrected chi connectivity index (χ2v) is 7.79. The molecule has 164 valence electrons. The number of aromatic nitrogens is 1. The molecule has 2 aromatic carbocycles. The van der Waals surface area contributed by atoms with Gasteiger partial charge in [-0.25, -0.2) is 4.98 Å². The molecule has 4 rings (SSSR count). The van der Waals surface area contributed by atoms with Gasteiger partial charge in [0, 0.05) is 50.6 Å². The number of carbonyl (C=O) groups excluding carboxylic acids is 1. The minimum atomic E-state index is -0.419. The molecule has 0 saturated carbocycles. The maximum Gasteiger partial charge on any atom is 0.293 e. The first-order chi connectivity index (χ1) is 15.5. The van der Waals surface area contributed by atoms with Crippen molar-refractivity contribution in [2.24, 2.45) is 0 Å². The van der Waals surface area contributed by atoms with Crippen LogP contribution in [0.25, 0.3) is 0 Å². The summed E-state index contributed by atoms with van der Waals surface area (Å²) in [5, 5.41) is 14.6. The molecule has 1 aliphatic heterocycles. The van der Waals surface area contributed by atoms with Crippen molar-refractivity contribution in [1.29, 1.82) is 0 Å². The number of nitro benzene ring substituents is 1. The number of piperazine rings is 1. The van der Waals surface area contributed by atoms with Gasteiger partial charge in [-0.1, -0.05) is 35.9 Å². The average Bonchev–Trinajstić information content (AvgIpc) is 2.84. The Labute approximate surface area is 186 Å². The third kappa shape index (κ3) is 4.85. The van der Waals surface area contributed by atoms with Crippen molar-refractivity contribution in [3.8, 4) is 0 Å². The number of nitrogens with one attached hydrogen (secondary N) is 1. The molecule has 0 unspecified atom stereocenters. The van der Waals surface area contributed by atoms with Crippen LogP contribution in [0.15, 0.2) is 66.9 Å². The van der Waals surface area contributed by atoms with E-state index in [0.717, 1.165) is 16.9 Å². The molecular weight excluding hydrogens is 406 g/mol. The second-order valence-electron chi connectivity index (χ2n) is 7.79. The Hall–Kier alpha value is -3.94. The Morgan fingerprint density at radius 2 is 1.75 bits per heavy atom. The van der Waals surface area contributed by atoms with Crippen molar-refractivity contribution in [3.05, 3.63) is 93.7 Å². The predicted octanol–water partition coefficient (Wildman–Crippen LogP) is 3.55. The zero-order chi connectivity index (χ0) is 22.5. The van der Waals surface area contributed by atoms with E-state index in [9.17, 15) is 14.9 Å². The molecule has 3 aromatic rings. The lowest BCUT2D eigenvalue weighted by molar-refractivity contribution is -0.384. The molecule has 1 fully saturated rings. The van der Waals surface area contributed by atoms with Crippen LogP contribution in [-0.4, -0.2) is 42.0 Å². The first-order valence-corrected chi connectivity index (χ1v) is 10.5. The molecule has 0 bridgehead atoms. The number of hydrogen-bond donors (Lipinski definition) is 1. The summed E-state index contributed by atoms with van der Waals surface area (Å²) in [5.41, 5.74) is 2.87. The fourth-order valence-electron chi connectivity index (χ4n) is 3.79. The van der Waals surface area contributed by atoms with E-state index in [1.54, 1.807) is 18.3 Å². The van der Waals surface area contributed by atoms with E-state index < -0.39 is 4.92 Å². The van der Waals surface area contributed by atoms with E-state index in [0.29, 0.717) is 38.4 Å². The molecule has 0 spiro atoms. The van der Waals surface area contributed by atoms with Gasteiger partial charge in [0.05, 0.1) is 4.92 Å². The molecule has 1 aliphatic rings. The Morgan fingerprint density at radius 3 is 2.41 bits per heavy atom. The highest BCUT2D eigenvalue weighted by atomic mass is 16.6. The molecular formula is C24H25N5O3. The normalized spacial score (nSPS) is 13.7. The number of aryl methyl sites for hydroxylation is 1. The van der Waals surface area contributed by atoms with Gasteiger partial charge < -0.3 is 15.1 Å². The lowest BCUT2D eigenvalue weighted by Gasteiger charge is -2.36. The van der Waals surface area contributed by atoms with Gasteiger partial charge in [0.25, 0.3) is 11.6 Å². The van der Waals surface area contributed by atoms with Crippen LogP contribution in [0.3, 0.4) is 0 Å². The Balaban J connectivity index is 1.44. The van der Waals surface area contributed by atoms with Crippen LogP contribution in [0.2, 0.25) is 0 Å². The number of nitro groups is 1. The molecule has 0 radical (unpaired) electrons. The molecule has 1 aromatic heterocycles. The highest BCUT2D eigenvalue weighted by Crippen LogP contribution is 2.30. The fraction of sp³-hybridized carbons (Fsp3) is 0.250. The number of pyridine rings is 1. The zero-order valence-electron chi connectivity index (χ0n) is 17.9. The van der Waals surface area contributed by atoms with Crippen molar-refractivity contribution in [2.75, 3.05) is 36.0 Å². The van der Waals surface area contributed by atoms with Crippen LogP contribution in [0.4, 0.5) is 17.2 Å². The SMILES string of the molecule is Cc1ccc(CNC(=O)c2ccc(N3CCN(c4ccccn4)CC3)c([N+](=O)[O-])c2)cc1. The van der Waals surface area contributed by atoms with Crippen molar-refractivity contribution >= 4 is 23.1 Å².